The number of aliphatic hydroxyl groups is 1. The maximum absolute atomic E-state index is 13.7. The zero-order valence-electron chi connectivity index (χ0n) is 23.1. The second-order valence-corrected chi connectivity index (χ2v) is 10.3. The van der Waals surface area contributed by atoms with Crippen LogP contribution in [0.4, 0.5) is 23.7 Å². The fraction of sp³-hybridized carbons (Fsp3) is 0.290. The smallest absolute Gasteiger partial charge is 0.417 e. The van der Waals surface area contributed by atoms with Crippen molar-refractivity contribution in [3.63, 3.8) is 0 Å². The van der Waals surface area contributed by atoms with Gasteiger partial charge in [0.2, 0.25) is 0 Å². The van der Waals surface area contributed by atoms with Crippen LogP contribution in [0.15, 0.2) is 66.7 Å². The van der Waals surface area contributed by atoms with Crippen LogP contribution in [0.1, 0.15) is 39.9 Å². The number of carbonyl (C=O) groups is 3. The Balaban J connectivity index is 1.65. The molecular formula is C31H29F3N4O5. The SMILES string of the molecule is CNC(=O)c1ccc(-c2cccc(CC(O)(C(=O)Nc3ccc(C#N)c(C(F)(F)F)c3)C3CCN(C(=O)O)CC3)c2)cc1. The maximum atomic E-state index is 13.7. The van der Waals surface area contributed by atoms with Crippen molar-refractivity contribution in [1.82, 2.24) is 10.2 Å². The van der Waals surface area contributed by atoms with E-state index < -0.39 is 40.8 Å². The summed E-state index contributed by atoms with van der Waals surface area (Å²) < 4.78 is 40.6. The van der Waals surface area contributed by atoms with Crippen molar-refractivity contribution in [2.24, 2.45) is 5.92 Å². The van der Waals surface area contributed by atoms with E-state index >= 15 is 0 Å². The molecule has 43 heavy (non-hydrogen) atoms. The number of amides is 3. The highest BCUT2D eigenvalue weighted by Crippen LogP contribution is 2.36. The molecule has 3 aromatic carbocycles. The fourth-order valence-electron chi connectivity index (χ4n) is 5.28. The van der Waals surface area contributed by atoms with Gasteiger partial charge in [0.25, 0.3) is 11.8 Å². The van der Waals surface area contributed by atoms with E-state index in [9.17, 15) is 37.8 Å². The quantitative estimate of drug-likeness (QED) is 0.306. The molecular weight excluding hydrogens is 565 g/mol. The number of hydrogen-bond donors (Lipinski definition) is 4. The number of rotatable bonds is 7. The summed E-state index contributed by atoms with van der Waals surface area (Å²) >= 11 is 0. The lowest BCUT2D eigenvalue weighted by molar-refractivity contribution is -0.142. The molecule has 12 heteroatoms. The van der Waals surface area contributed by atoms with Crippen molar-refractivity contribution < 1.29 is 37.8 Å². The van der Waals surface area contributed by atoms with Crippen LogP contribution in [0, 0.1) is 17.2 Å². The van der Waals surface area contributed by atoms with Crippen molar-refractivity contribution in [2.75, 3.05) is 25.5 Å². The van der Waals surface area contributed by atoms with Crippen LogP contribution in [0.5, 0.6) is 0 Å². The number of benzene rings is 3. The van der Waals surface area contributed by atoms with Gasteiger partial charge >= 0.3 is 12.3 Å². The Kier molecular flexibility index (Phi) is 9.06. The number of piperidine rings is 1. The molecule has 4 rings (SSSR count). The third kappa shape index (κ3) is 6.95. The lowest BCUT2D eigenvalue weighted by atomic mass is 9.76. The molecule has 3 aromatic rings. The molecule has 0 aliphatic carbocycles. The monoisotopic (exact) mass is 594 g/mol. The van der Waals surface area contributed by atoms with Crippen LogP contribution in [0.2, 0.25) is 0 Å². The van der Waals surface area contributed by atoms with Crippen LogP contribution in [0.3, 0.4) is 0 Å². The van der Waals surface area contributed by atoms with E-state index in [0.29, 0.717) is 17.2 Å². The molecule has 1 heterocycles. The van der Waals surface area contributed by atoms with Crippen molar-refractivity contribution in [3.05, 3.63) is 89.0 Å². The lowest BCUT2D eigenvalue weighted by Gasteiger charge is -2.40. The Labute approximate surface area is 245 Å². The van der Waals surface area contributed by atoms with Gasteiger partial charge in [0.05, 0.1) is 17.2 Å². The molecule has 4 N–H and O–H groups in total. The minimum Gasteiger partial charge on any atom is -0.465 e. The number of nitriles is 1. The normalized spacial score (nSPS) is 15.2. The molecule has 1 saturated heterocycles. The molecule has 3 amide bonds. The summed E-state index contributed by atoms with van der Waals surface area (Å²) in [6, 6.07) is 18.1. The third-order valence-corrected chi connectivity index (χ3v) is 7.65. The van der Waals surface area contributed by atoms with Crippen LogP contribution < -0.4 is 10.6 Å². The molecule has 1 atom stereocenters. The minimum absolute atomic E-state index is 0.0718. The number of carbonyl (C=O) groups excluding carboxylic acids is 2. The van der Waals surface area contributed by atoms with Crippen LogP contribution in [0.25, 0.3) is 11.1 Å². The van der Waals surface area contributed by atoms with E-state index in [-0.39, 0.29) is 43.9 Å². The van der Waals surface area contributed by atoms with Gasteiger partial charge in [-0.05, 0) is 59.9 Å². The van der Waals surface area contributed by atoms with E-state index in [2.05, 4.69) is 10.6 Å². The Bertz CT molecular complexity index is 1560. The lowest BCUT2D eigenvalue weighted by Crippen LogP contribution is -2.54. The number of anilines is 1. The van der Waals surface area contributed by atoms with Crippen molar-refractivity contribution >= 4 is 23.6 Å². The Morgan fingerprint density at radius 1 is 1.00 bits per heavy atom. The number of halogens is 3. The summed E-state index contributed by atoms with van der Waals surface area (Å²) in [6.45, 7) is 0.144. The minimum atomic E-state index is -4.84. The number of nitrogens with one attached hydrogen (secondary N) is 2. The average molecular weight is 595 g/mol. The summed E-state index contributed by atoms with van der Waals surface area (Å²) in [6.07, 6.45) is -5.87. The Morgan fingerprint density at radius 2 is 1.67 bits per heavy atom. The summed E-state index contributed by atoms with van der Waals surface area (Å²) in [7, 11) is 1.53. The van der Waals surface area contributed by atoms with Gasteiger partial charge in [0.15, 0.2) is 0 Å². The molecule has 0 saturated carbocycles. The molecule has 0 bridgehead atoms. The third-order valence-electron chi connectivity index (χ3n) is 7.65. The molecule has 1 fully saturated rings. The summed E-state index contributed by atoms with van der Waals surface area (Å²) in [5.41, 5.74) is -1.65. The molecule has 1 aliphatic heterocycles. The van der Waals surface area contributed by atoms with E-state index in [0.717, 1.165) is 23.3 Å². The first kappa shape index (κ1) is 31.1. The number of carboxylic acid groups (broad SMARTS) is 1. The highest BCUT2D eigenvalue weighted by molar-refractivity contribution is 5.98. The zero-order valence-corrected chi connectivity index (χ0v) is 23.1. The average Bonchev–Trinajstić information content (AvgIpc) is 3.00. The maximum Gasteiger partial charge on any atom is 0.417 e. The predicted molar refractivity (Wildman–Crippen MR) is 151 cm³/mol. The van der Waals surface area contributed by atoms with Gasteiger partial charge in [0.1, 0.15) is 5.60 Å². The molecule has 9 nitrogen and oxygen atoms in total. The van der Waals surface area contributed by atoms with Gasteiger partial charge in [0, 0.05) is 43.7 Å². The molecule has 0 radical (unpaired) electrons. The number of hydrogen-bond acceptors (Lipinski definition) is 5. The van der Waals surface area contributed by atoms with E-state index in [1.165, 1.54) is 18.0 Å². The first-order chi connectivity index (χ1) is 20.3. The molecule has 1 aliphatic rings. The number of nitrogens with zero attached hydrogens (tertiary/aromatic N) is 2. The molecule has 0 aromatic heterocycles. The van der Waals surface area contributed by atoms with Crippen molar-refractivity contribution in [3.8, 4) is 17.2 Å². The van der Waals surface area contributed by atoms with Crippen LogP contribution in [-0.4, -0.2) is 58.8 Å². The Hall–Kier alpha value is -4.89. The fourth-order valence-corrected chi connectivity index (χ4v) is 5.28. The zero-order chi connectivity index (χ0) is 31.4. The van der Waals surface area contributed by atoms with Gasteiger partial charge in [-0.25, -0.2) is 4.79 Å². The van der Waals surface area contributed by atoms with Gasteiger partial charge in [-0.1, -0.05) is 36.4 Å². The standard InChI is InChI=1S/C31H29F3N4O5/c1-36-27(39)21-7-5-20(6-8-21)22-4-2-3-19(15-22)17-30(43,24-11-13-38(14-12-24)29(41)42)28(40)37-25-10-9-23(18-35)26(16-25)31(32,33)34/h2-10,15-16,24,43H,11-14,17H2,1H3,(H,36,39)(H,37,40)(H,41,42). The van der Waals surface area contributed by atoms with Gasteiger partial charge in [-0.3, -0.25) is 9.59 Å². The van der Waals surface area contributed by atoms with Crippen LogP contribution >= 0.6 is 0 Å². The van der Waals surface area contributed by atoms with Gasteiger partial charge in [-0.15, -0.1) is 0 Å². The summed E-state index contributed by atoms with van der Waals surface area (Å²) in [5.74, 6) is -1.89. The van der Waals surface area contributed by atoms with Crippen molar-refractivity contribution in [1.29, 1.82) is 5.26 Å². The van der Waals surface area contributed by atoms with E-state index in [1.807, 2.05) is 6.07 Å². The number of alkyl halides is 3. The summed E-state index contributed by atoms with van der Waals surface area (Å²) in [5, 5.41) is 35.4. The largest absolute Gasteiger partial charge is 0.465 e. The number of likely N-dealkylation sites (tertiary alicyclic amines) is 1. The predicted octanol–water partition coefficient (Wildman–Crippen LogP) is 4.91. The molecule has 224 valence electrons. The van der Waals surface area contributed by atoms with Gasteiger partial charge in [-0.2, -0.15) is 18.4 Å². The van der Waals surface area contributed by atoms with E-state index in [1.54, 1.807) is 42.5 Å². The van der Waals surface area contributed by atoms with Crippen LogP contribution in [-0.2, 0) is 17.4 Å². The van der Waals surface area contributed by atoms with Gasteiger partial charge < -0.3 is 25.7 Å². The van der Waals surface area contributed by atoms with E-state index in [4.69, 9.17) is 5.26 Å². The highest BCUT2D eigenvalue weighted by Gasteiger charge is 2.46. The highest BCUT2D eigenvalue weighted by atomic mass is 19.4. The summed E-state index contributed by atoms with van der Waals surface area (Å²) in [4.78, 5) is 38.2. The second-order valence-electron chi connectivity index (χ2n) is 10.3. The first-order valence-electron chi connectivity index (χ1n) is 13.4. The molecule has 1 unspecified atom stereocenters. The second kappa shape index (κ2) is 12.5. The molecule has 0 spiro atoms. The van der Waals surface area contributed by atoms with Crippen molar-refractivity contribution in [2.45, 2.75) is 31.0 Å². The topological polar surface area (TPSA) is 143 Å². The first-order valence-corrected chi connectivity index (χ1v) is 13.4. The Morgan fingerprint density at radius 3 is 2.26 bits per heavy atom.